The Morgan fingerprint density at radius 3 is 2.44 bits per heavy atom. The summed E-state index contributed by atoms with van der Waals surface area (Å²) in [5.41, 5.74) is 9.57. The van der Waals surface area contributed by atoms with Gasteiger partial charge >= 0.3 is 12.2 Å². The highest BCUT2D eigenvalue weighted by Gasteiger charge is 2.42. The topological polar surface area (TPSA) is 106 Å². The molecular formula is C19H23N5O3. The summed E-state index contributed by atoms with van der Waals surface area (Å²) in [4.78, 5) is 43.5. The maximum Gasteiger partial charge on any atom is 0.325 e. The molecule has 2 atom stereocenters. The van der Waals surface area contributed by atoms with Crippen molar-refractivity contribution in [1.29, 1.82) is 0 Å². The van der Waals surface area contributed by atoms with Gasteiger partial charge in [-0.25, -0.2) is 4.79 Å². The number of nitrogens with zero attached hydrogens (tertiary/aromatic N) is 4. The van der Waals surface area contributed by atoms with Gasteiger partial charge in [0, 0.05) is 19.6 Å². The van der Waals surface area contributed by atoms with Crippen LogP contribution in [-0.2, 0) is 16.1 Å². The van der Waals surface area contributed by atoms with Crippen LogP contribution in [0.15, 0.2) is 30.3 Å². The van der Waals surface area contributed by atoms with Crippen LogP contribution in [-0.4, -0.2) is 63.7 Å². The molecular weight excluding hydrogens is 346 g/mol. The number of hydrogen-bond acceptors (Lipinski definition) is 3. The Hall–Kier alpha value is -2.99. The van der Waals surface area contributed by atoms with Gasteiger partial charge in [0.15, 0.2) is 0 Å². The zero-order valence-electron chi connectivity index (χ0n) is 15.1. The van der Waals surface area contributed by atoms with Crippen molar-refractivity contribution < 1.29 is 19.2 Å². The van der Waals surface area contributed by atoms with E-state index < -0.39 is 12.1 Å². The van der Waals surface area contributed by atoms with Gasteiger partial charge in [0.25, 0.3) is 5.78 Å². The molecule has 2 aliphatic heterocycles. The third-order valence-corrected chi connectivity index (χ3v) is 5.13. The van der Waals surface area contributed by atoms with Crippen molar-refractivity contribution in [2.45, 2.75) is 44.3 Å². The van der Waals surface area contributed by atoms with Crippen molar-refractivity contribution in [3.63, 3.8) is 0 Å². The molecule has 0 aromatic heterocycles. The van der Waals surface area contributed by atoms with Crippen molar-refractivity contribution in [3.05, 3.63) is 41.4 Å². The van der Waals surface area contributed by atoms with Gasteiger partial charge in [-0.1, -0.05) is 30.3 Å². The second kappa shape index (κ2) is 8.60. The second-order valence-electron chi connectivity index (χ2n) is 6.83. The average Bonchev–Trinajstić information content (AvgIpc) is 3.36. The summed E-state index contributed by atoms with van der Waals surface area (Å²) in [6.45, 7) is 1.39. The molecule has 8 heteroatoms. The smallest absolute Gasteiger partial charge is 0.325 e. The lowest BCUT2D eigenvalue weighted by Crippen LogP contribution is -2.53. The van der Waals surface area contributed by atoms with Gasteiger partial charge in [-0.15, -0.1) is 0 Å². The molecule has 0 bridgehead atoms. The van der Waals surface area contributed by atoms with E-state index in [1.54, 1.807) is 4.90 Å². The normalized spacial score (nSPS) is 21.6. The minimum absolute atomic E-state index is 0.204. The summed E-state index contributed by atoms with van der Waals surface area (Å²) in [6, 6.07) is 8.15. The monoisotopic (exact) mass is 369 g/mol. The average molecular weight is 369 g/mol. The molecule has 2 saturated heterocycles. The van der Waals surface area contributed by atoms with E-state index in [1.165, 1.54) is 4.90 Å². The van der Waals surface area contributed by atoms with Gasteiger partial charge in [-0.2, -0.15) is 4.79 Å². The number of carbonyl (C=O) groups excluding carboxylic acids is 3. The molecule has 0 unspecified atom stereocenters. The summed E-state index contributed by atoms with van der Waals surface area (Å²) >= 11 is 0. The van der Waals surface area contributed by atoms with Crippen molar-refractivity contribution in [2.75, 3.05) is 13.1 Å². The molecule has 1 aromatic carbocycles. The fourth-order valence-electron chi connectivity index (χ4n) is 3.80. The third kappa shape index (κ3) is 4.23. The van der Waals surface area contributed by atoms with E-state index in [-0.39, 0.29) is 17.7 Å². The molecule has 8 nitrogen and oxygen atoms in total. The minimum atomic E-state index is -0.608. The molecule has 1 N–H and O–H groups in total. The minimum Gasteiger partial charge on any atom is -0.361 e. The van der Waals surface area contributed by atoms with Crippen LogP contribution in [0.3, 0.4) is 0 Å². The van der Waals surface area contributed by atoms with Crippen LogP contribution < -0.4 is 5.32 Å². The van der Waals surface area contributed by atoms with Gasteiger partial charge in [-0.3, -0.25) is 9.59 Å². The van der Waals surface area contributed by atoms with Crippen LogP contribution in [0.5, 0.6) is 0 Å². The van der Waals surface area contributed by atoms with E-state index in [4.69, 9.17) is 5.53 Å². The molecule has 142 valence electrons. The van der Waals surface area contributed by atoms with E-state index in [9.17, 15) is 14.4 Å². The molecule has 0 radical (unpaired) electrons. The Balaban J connectivity index is 1.64. The second-order valence-corrected chi connectivity index (χ2v) is 6.83. The highest BCUT2D eigenvalue weighted by atomic mass is 16.2. The first-order chi connectivity index (χ1) is 13.1. The van der Waals surface area contributed by atoms with Crippen LogP contribution in [0.2, 0.25) is 0 Å². The number of nitrogens with one attached hydrogen (secondary N) is 1. The van der Waals surface area contributed by atoms with Crippen molar-refractivity contribution in [3.8, 4) is 0 Å². The lowest BCUT2D eigenvalue weighted by atomic mass is 10.1. The van der Waals surface area contributed by atoms with E-state index in [2.05, 4.69) is 10.1 Å². The van der Waals surface area contributed by atoms with Gasteiger partial charge in [0.1, 0.15) is 12.1 Å². The maximum atomic E-state index is 13.0. The predicted octanol–water partition coefficient (Wildman–Crippen LogP) is 1.22. The predicted molar refractivity (Wildman–Crippen MR) is 97.8 cm³/mol. The molecule has 0 aliphatic carbocycles. The first-order valence-corrected chi connectivity index (χ1v) is 9.22. The van der Waals surface area contributed by atoms with E-state index in [1.807, 2.05) is 30.3 Å². The molecule has 0 saturated carbocycles. The van der Waals surface area contributed by atoms with Gasteiger partial charge in [0.2, 0.25) is 5.91 Å². The number of ketones is 1. The van der Waals surface area contributed by atoms with Crippen molar-refractivity contribution in [2.24, 2.45) is 0 Å². The summed E-state index contributed by atoms with van der Waals surface area (Å²) in [6.07, 6.45) is 3.44. The Labute approximate surface area is 157 Å². The van der Waals surface area contributed by atoms with Crippen molar-refractivity contribution >= 4 is 23.9 Å². The first-order valence-electron chi connectivity index (χ1n) is 9.22. The van der Waals surface area contributed by atoms with Crippen LogP contribution in [0.4, 0.5) is 4.79 Å². The van der Waals surface area contributed by atoms with Crippen molar-refractivity contribution in [1.82, 2.24) is 15.1 Å². The molecule has 1 aromatic rings. The summed E-state index contributed by atoms with van der Waals surface area (Å²) in [7, 11) is 0. The van der Waals surface area contributed by atoms with E-state index >= 15 is 0 Å². The van der Waals surface area contributed by atoms with Crippen LogP contribution in [0.25, 0.3) is 5.53 Å². The van der Waals surface area contributed by atoms with E-state index in [0.29, 0.717) is 38.9 Å². The largest absolute Gasteiger partial charge is 0.361 e. The fraction of sp³-hybridized carbons (Fsp3) is 0.474. The van der Waals surface area contributed by atoms with Gasteiger partial charge in [0.05, 0.1) is 0 Å². The quantitative estimate of drug-likeness (QED) is 0.479. The zero-order valence-corrected chi connectivity index (χ0v) is 15.1. The maximum absolute atomic E-state index is 13.0. The molecule has 3 rings (SSSR count). The third-order valence-electron chi connectivity index (χ3n) is 5.13. The summed E-state index contributed by atoms with van der Waals surface area (Å²) < 4.78 is 0. The molecule has 2 aliphatic rings. The Kier molecular flexibility index (Phi) is 5.98. The SMILES string of the molecule is [N-]=[N+]=CC(=O)[C@@H]1CCCN1C(=O)[C@@H]1CCCN1C(=O)NCc1ccccc1. The first kappa shape index (κ1) is 18.8. The number of likely N-dealkylation sites (tertiary alicyclic amines) is 2. The van der Waals surface area contributed by atoms with Gasteiger partial charge in [-0.05, 0) is 31.2 Å². The Bertz CT molecular complexity index is 760. The van der Waals surface area contributed by atoms with Crippen LogP contribution in [0, 0.1) is 0 Å². The fourth-order valence-corrected chi connectivity index (χ4v) is 3.80. The van der Waals surface area contributed by atoms with Crippen LogP contribution >= 0.6 is 0 Å². The lowest BCUT2D eigenvalue weighted by molar-refractivity contribution is -0.139. The Morgan fingerprint density at radius 1 is 1.07 bits per heavy atom. The number of benzene rings is 1. The van der Waals surface area contributed by atoms with E-state index in [0.717, 1.165) is 18.2 Å². The number of Topliss-reactive ketones (excluding diaryl/α,β-unsaturated/α-hetero) is 1. The number of rotatable bonds is 5. The number of hydrogen-bond donors (Lipinski definition) is 1. The number of amides is 3. The molecule has 0 spiro atoms. The standard InChI is InChI=1S/C19H23N5O3/c20-22-13-17(25)15-8-4-10-23(15)18(26)16-9-5-11-24(16)19(27)21-12-14-6-2-1-3-7-14/h1-3,6-7,13,15-16H,4-5,8-12H2,(H,21,27)/t15-,16-/m0/s1. The summed E-state index contributed by atoms with van der Waals surface area (Å²) in [5, 5.41) is 2.87. The zero-order chi connectivity index (χ0) is 19.2. The molecule has 2 heterocycles. The number of urea groups is 1. The molecule has 27 heavy (non-hydrogen) atoms. The highest BCUT2D eigenvalue weighted by Crippen LogP contribution is 2.25. The summed E-state index contributed by atoms with van der Waals surface area (Å²) in [5.74, 6) is -0.592. The number of carbonyl (C=O) groups is 3. The highest BCUT2D eigenvalue weighted by molar-refractivity contribution is 6.28. The van der Waals surface area contributed by atoms with Gasteiger partial charge < -0.3 is 20.6 Å². The van der Waals surface area contributed by atoms with Crippen LogP contribution in [0.1, 0.15) is 31.2 Å². The Morgan fingerprint density at radius 2 is 1.74 bits per heavy atom. The molecule has 2 fully saturated rings. The lowest BCUT2D eigenvalue weighted by Gasteiger charge is -2.30. The molecule has 3 amide bonds.